The van der Waals surface area contributed by atoms with Gasteiger partial charge in [-0.15, -0.1) is 0 Å². The Bertz CT molecular complexity index is 455. The van der Waals surface area contributed by atoms with Crippen LogP contribution in [0.4, 0.5) is 0 Å². The van der Waals surface area contributed by atoms with Gasteiger partial charge >= 0.3 is 0 Å². The normalized spacial score (nSPS) is 10.7. The van der Waals surface area contributed by atoms with Crippen molar-refractivity contribution in [1.82, 2.24) is 10.2 Å². The van der Waals surface area contributed by atoms with Crippen molar-refractivity contribution in [3.05, 3.63) is 20.9 Å². The number of fused-ring (bicyclic) bond motifs is 1. The fourth-order valence-corrected chi connectivity index (χ4v) is 2.07. The van der Waals surface area contributed by atoms with Crippen molar-refractivity contribution in [3.8, 4) is 5.75 Å². The van der Waals surface area contributed by atoms with E-state index in [4.69, 9.17) is 16.3 Å². The number of methoxy groups -OCH3 is 1. The second-order valence-electron chi connectivity index (χ2n) is 2.54. The number of aromatic nitrogens is 2. The molecule has 0 bridgehead atoms. The van der Waals surface area contributed by atoms with Gasteiger partial charge in [-0.1, -0.05) is 11.6 Å². The number of nitrogens with zero attached hydrogens (tertiary/aromatic N) is 1. The van der Waals surface area contributed by atoms with E-state index < -0.39 is 0 Å². The maximum atomic E-state index is 5.88. The van der Waals surface area contributed by atoms with Crippen molar-refractivity contribution < 1.29 is 4.74 Å². The summed E-state index contributed by atoms with van der Waals surface area (Å²) in [4.78, 5) is 0. The van der Waals surface area contributed by atoms with Crippen molar-refractivity contribution in [2.75, 3.05) is 7.11 Å². The molecule has 0 aliphatic carbocycles. The third kappa shape index (κ3) is 1.48. The average Bonchev–Trinajstić information content (AvgIpc) is 2.46. The van der Waals surface area contributed by atoms with Crippen LogP contribution < -0.4 is 4.74 Å². The van der Waals surface area contributed by atoms with Crippen molar-refractivity contribution in [2.45, 2.75) is 0 Å². The molecular weight excluding hydrogens is 302 g/mol. The summed E-state index contributed by atoms with van der Waals surface area (Å²) >= 11 is 8.05. The highest BCUT2D eigenvalue weighted by Gasteiger charge is 2.09. The van der Waals surface area contributed by atoms with E-state index in [0.717, 1.165) is 20.4 Å². The molecule has 0 spiro atoms. The van der Waals surface area contributed by atoms with Gasteiger partial charge in [0.2, 0.25) is 0 Å². The van der Waals surface area contributed by atoms with Gasteiger partial charge in [0, 0.05) is 5.02 Å². The van der Waals surface area contributed by atoms with Gasteiger partial charge in [0.15, 0.2) is 0 Å². The lowest BCUT2D eigenvalue weighted by Gasteiger charge is -2.01. The van der Waals surface area contributed by atoms with Gasteiger partial charge in [0.25, 0.3) is 0 Å². The Kier molecular flexibility index (Phi) is 2.33. The predicted molar refractivity (Wildman–Crippen MR) is 60.4 cm³/mol. The standard InChI is InChI=1S/C8H6ClIN2O/c1-13-6-3-4(9)2-5-7(6)8(10)12-11-5/h2-3H,1H3,(H,11,12). The number of rotatable bonds is 1. The van der Waals surface area contributed by atoms with E-state index >= 15 is 0 Å². The summed E-state index contributed by atoms with van der Waals surface area (Å²) in [5, 5.41) is 8.58. The molecule has 0 aliphatic rings. The number of ether oxygens (including phenoxy) is 1. The fraction of sp³-hybridized carbons (Fsp3) is 0.125. The Hall–Kier alpha value is -0.490. The summed E-state index contributed by atoms with van der Waals surface area (Å²) in [5.41, 5.74) is 0.828. The minimum absolute atomic E-state index is 0.632. The Balaban J connectivity index is 2.85. The monoisotopic (exact) mass is 308 g/mol. The maximum absolute atomic E-state index is 5.88. The second kappa shape index (κ2) is 3.34. The highest BCUT2D eigenvalue weighted by molar-refractivity contribution is 14.1. The van der Waals surface area contributed by atoms with Crippen LogP contribution in [0.1, 0.15) is 0 Å². The van der Waals surface area contributed by atoms with Gasteiger partial charge in [-0.25, -0.2) is 0 Å². The quantitative estimate of drug-likeness (QED) is 0.823. The van der Waals surface area contributed by atoms with Gasteiger partial charge in [0.1, 0.15) is 9.45 Å². The van der Waals surface area contributed by atoms with Crippen LogP contribution in [-0.2, 0) is 0 Å². The lowest BCUT2D eigenvalue weighted by atomic mass is 10.2. The third-order valence-electron chi connectivity index (χ3n) is 1.76. The largest absolute Gasteiger partial charge is 0.496 e. The Morgan fingerprint density at radius 1 is 1.54 bits per heavy atom. The van der Waals surface area contributed by atoms with Crippen LogP contribution >= 0.6 is 34.2 Å². The first-order valence-electron chi connectivity index (χ1n) is 3.59. The van der Waals surface area contributed by atoms with E-state index in [1.165, 1.54) is 0 Å². The van der Waals surface area contributed by atoms with Crippen molar-refractivity contribution in [3.63, 3.8) is 0 Å². The summed E-state index contributed by atoms with van der Waals surface area (Å²) in [5.74, 6) is 0.751. The molecule has 1 aromatic carbocycles. The first-order valence-corrected chi connectivity index (χ1v) is 5.05. The lowest BCUT2D eigenvalue weighted by Crippen LogP contribution is -1.84. The van der Waals surface area contributed by atoms with Gasteiger partial charge in [0.05, 0.1) is 18.0 Å². The summed E-state index contributed by atoms with van der Waals surface area (Å²) < 4.78 is 6.16. The number of halogens is 2. The van der Waals surface area contributed by atoms with Gasteiger partial charge in [-0.3, -0.25) is 5.10 Å². The highest BCUT2D eigenvalue weighted by Crippen LogP contribution is 2.31. The SMILES string of the molecule is COc1cc(Cl)cc2n[nH]c(I)c12. The molecule has 3 nitrogen and oxygen atoms in total. The first-order chi connectivity index (χ1) is 6.22. The number of hydrogen-bond donors (Lipinski definition) is 1. The molecule has 0 radical (unpaired) electrons. The Morgan fingerprint density at radius 2 is 2.31 bits per heavy atom. The molecule has 0 saturated carbocycles. The Morgan fingerprint density at radius 3 is 3.00 bits per heavy atom. The van der Waals surface area contributed by atoms with Crippen molar-refractivity contribution in [2.24, 2.45) is 0 Å². The number of benzene rings is 1. The molecule has 0 unspecified atom stereocenters. The van der Waals surface area contributed by atoms with E-state index in [-0.39, 0.29) is 0 Å². The molecule has 1 heterocycles. The van der Waals surface area contributed by atoms with Crippen molar-refractivity contribution >= 4 is 45.1 Å². The summed E-state index contributed by atoms with van der Waals surface area (Å²) in [6.07, 6.45) is 0. The maximum Gasteiger partial charge on any atom is 0.132 e. The van der Waals surface area contributed by atoms with Crippen LogP contribution in [0.5, 0.6) is 5.75 Å². The molecule has 0 aliphatic heterocycles. The molecule has 2 aromatic rings. The zero-order valence-electron chi connectivity index (χ0n) is 6.77. The molecule has 5 heteroatoms. The number of hydrogen-bond acceptors (Lipinski definition) is 2. The molecule has 13 heavy (non-hydrogen) atoms. The van der Waals surface area contributed by atoms with Crippen LogP contribution in [-0.4, -0.2) is 17.3 Å². The summed E-state index contributed by atoms with van der Waals surface area (Å²) in [6, 6.07) is 3.58. The predicted octanol–water partition coefficient (Wildman–Crippen LogP) is 2.83. The third-order valence-corrected chi connectivity index (χ3v) is 2.76. The number of H-pyrrole nitrogens is 1. The van der Waals surface area contributed by atoms with E-state index in [2.05, 4.69) is 32.8 Å². The lowest BCUT2D eigenvalue weighted by molar-refractivity contribution is 0.419. The van der Waals surface area contributed by atoms with Crippen LogP contribution in [0.3, 0.4) is 0 Å². The van der Waals surface area contributed by atoms with Crippen LogP contribution in [0, 0.1) is 3.70 Å². The molecule has 0 fully saturated rings. The zero-order chi connectivity index (χ0) is 9.42. The van der Waals surface area contributed by atoms with Gasteiger partial charge in [-0.2, -0.15) is 5.10 Å². The fourth-order valence-electron chi connectivity index (χ4n) is 1.20. The summed E-state index contributed by atoms with van der Waals surface area (Å²) in [6.45, 7) is 0. The first kappa shape index (κ1) is 9.08. The topological polar surface area (TPSA) is 37.9 Å². The molecule has 1 N–H and O–H groups in total. The minimum atomic E-state index is 0.632. The van der Waals surface area contributed by atoms with E-state index in [1.807, 2.05) is 0 Å². The Labute approximate surface area is 93.6 Å². The molecule has 68 valence electrons. The second-order valence-corrected chi connectivity index (χ2v) is 4.05. The highest BCUT2D eigenvalue weighted by atomic mass is 127. The molecule has 0 saturated heterocycles. The van der Waals surface area contributed by atoms with E-state index in [9.17, 15) is 0 Å². The molecular formula is C8H6ClIN2O. The van der Waals surface area contributed by atoms with Crippen LogP contribution in [0.25, 0.3) is 10.9 Å². The van der Waals surface area contributed by atoms with Gasteiger partial charge in [-0.05, 0) is 34.7 Å². The molecule has 2 rings (SSSR count). The number of aromatic amines is 1. The minimum Gasteiger partial charge on any atom is -0.496 e. The molecule has 0 amide bonds. The van der Waals surface area contributed by atoms with Gasteiger partial charge < -0.3 is 4.74 Å². The molecule has 1 aromatic heterocycles. The average molecular weight is 309 g/mol. The summed E-state index contributed by atoms with van der Waals surface area (Å²) in [7, 11) is 1.62. The zero-order valence-corrected chi connectivity index (χ0v) is 9.68. The molecule has 0 atom stereocenters. The van der Waals surface area contributed by atoms with Crippen LogP contribution in [0.15, 0.2) is 12.1 Å². The smallest absolute Gasteiger partial charge is 0.132 e. The van der Waals surface area contributed by atoms with Crippen molar-refractivity contribution in [1.29, 1.82) is 0 Å². The number of nitrogens with one attached hydrogen (secondary N) is 1. The van der Waals surface area contributed by atoms with E-state index in [1.54, 1.807) is 19.2 Å². The van der Waals surface area contributed by atoms with E-state index in [0.29, 0.717) is 5.02 Å². The van der Waals surface area contributed by atoms with Crippen LogP contribution in [0.2, 0.25) is 5.02 Å².